The number of nitrogens with zero attached hydrogens (tertiary/aromatic N) is 1. The molecule has 2 aromatic rings. The molecule has 0 heterocycles. The van der Waals surface area contributed by atoms with Crippen molar-refractivity contribution >= 4 is 35.2 Å². The summed E-state index contributed by atoms with van der Waals surface area (Å²) in [5.74, 6) is 1.30. The van der Waals surface area contributed by atoms with Gasteiger partial charge in [0.05, 0.1) is 5.75 Å². The van der Waals surface area contributed by atoms with Crippen molar-refractivity contribution in [1.82, 2.24) is 10.2 Å². The van der Waals surface area contributed by atoms with Gasteiger partial charge in [-0.15, -0.1) is 11.8 Å². The van der Waals surface area contributed by atoms with Crippen LogP contribution in [0.2, 0.25) is 5.02 Å². The molecule has 2 rings (SSSR count). The Hall–Kier alpha value is -1.98. The number of nitrogens with one attached hydrogen (secondary N) is 1. The lowest BCUT2D eigenvalue weighted by Gasteiger charge is -2.31. The highest BCUT2D eigenvalue weighted by molar-refractivity contribution is 7.99. The first-order valence-corrected chi connectivity index (χ1v) is 12.3. The summed E-state index contributed by atoms with van der Waals surface area (Å²) >= 11 is 7.50. The van der Waals surface area contributed by atoms with Crippen LogP contribution >= 0.6 is 23.4 Å². The van der Waals surface area contributed by atoms with Crippen molar-refractivity contribution in [3.63, 3.8) is 0 Å². The first-order valence-electron chi connectivity index (χ1n) is 10.8. The zero-order valence-corrected chi connectivity index (χ0v) is 20.4. The molecule has 0 radical (unpaired) electrons. The highest BCUT2D eigenvalue weighted by Crippen LogP contribution is 2.19. The standard InChI is InChI=1S/C25H33ClN2O2S/c1-5-23(25(30)27-14-18(2)3)28(15-21-9-7-6-8-19(21)4)24(29)17-31-16-20-10-12-22(26)13-11-20/h6-13,18,23H,5,14-17H2,1-4H3,(H,27,30)/t23-/m0/s1. The largest absolute Gasteiger partial charge is 0.354 e. The quantitative estimate of drug-likeness (QED) is 0.484. The SMILES string of the molecule is CC[C@@H](C(=O)NCC(C)C)N(Cc1ccccc1C)C(=O)CSCc1ccc(Cl)cc1. The van der Waals surface area contributed by atoms with Gasteiger partial charge in [-0.1, -0.05) is 68.8 Å². The topological polar surface area (TPSA) is 49.4 Å². The molecular weight excluding hydrogens is 428 g/mol. The van der Waals surface area contributed by atoms with E-state index in [1.807, 2.05) is 62.4 Å². The van der Waals surface area contributed by atoms with Crippen LogP contribution in [0.3, 0.4) is 0 Å². The fraction of sp³-hybridized carbons (Fsp3) is 0.440. The summed E-state index contributed by atoms with van der Waals surface area (Å²) in [7, 11) is 0. The molecule has 6 heteroatoms. The van der Waals surface area contributed by atoms with Crippen molar-refractivity contribution in [2.45, 2.75) is 52.5 Å². The second-order valence-electron chi connectivity index (χ2n) is 8.13. The fourth-order valence-electron chi connectivity index (χ4n) is 3.23. The Labute approximate surface area is 195 Å². The molecule has 4 nitrogen and oxygen atoms in total. The summed E-state index contributed by atoms with van der Waals surface area (Å²) in [5.41, 5.74) is 3.30. The van der Waals surface area contributed by atoms with Gasteiger partial charge in [0, 0.05) is 23.9 Å². The predicted octanol–water partition coefficient (Wildman–Crippen LogP) is 5.46. The van der Waals surface area contributed by atoms with E-state index in [1.54, 1.807) is 16.7 Å². The molecule has 2 aromatic carbocycles. The Morgan fingerprint density at radius 2 is 1.77 bits per heavy atom. The maximum Gasteiger partial charge on any atom is 0.242 e. The minimum absolute atomic E-state index is 0.0197. The molecule has 0 bridgehead atoms. The monoisotopic (exact) mass is 460 g/mol. The third kappa shape index (κ3) is 8.23. The Morgan fingerprint density at radius 3 is 2.39 bits per heavy atom. The number of amides is 2. The van der Waals surface area contributed by atoms with Crippen LogP contribution < -0.4 is 5.32 Å². The molecule has 0 saturated heterocycles. The predicted molar refractivity (Wildman–Crippen MR) is 131 cm³/mol. The molecule has 0 unspecified atom stereocenters. The van der Waals surface area contributed by atoms with Crippen LogP contribution in [-0.2, 0) is 21.9 Å². The number of hydrogen-bond acceptors (Lipinski definition) is 3. The van der Waals surface area contributed by atoms with Gasteiger partial charge in [0.2, 0.25) is 11.8 Å². The van der Waals surface area contributed by atoms with Crippen LogP contribution in [0.4, 0.5) is 0 Å². The van der Waals surface area contributed by atoms with Gasteiger partial charge < -0.3 is 10.2 Å². The molecule has 0 aromatic heterocycles. The molecule has 0 spiro atoms. The third-order valence-electron chi connectivity index (χ3n) is 5.08. The highest BCUT2D eigenvalue weighted by Gasteiger charge is 2.28. The van der Waals surface area contributed by atoms with E-state index >= 15 is 0 Å². The number of thioether (sulfide) groups is 1. The van der Waals surface area contributed by atoms with Crippen LogP contribution in [0.15, 0.2) is 48.5 Å². The molecule has 0 saturated carbocycles. The van der Waals surface area contributed by atoms with Crippen molar-refractivity contribution in [2.24, 2.45) is 5.92 Å². The summed E-state index contributed by atoms with van der Waals surface area (Å²) in [5, 5.41) is 3.71. The molecule has 31 heavy (non-hydrogen) atoms. The summed E-state index contributed by atoms with van der Waals surface area (Å²) < 4.78 is 0. The van der Waals surface area contributed by atoms with Crippen molar-refractivity contribution in [3.05, 3.63) is 70.2 Å². The summed E-state index contributed by atoms with van der Waals surface area (Å²) in [6.07, 6.45) is 0.573. The fourth-order valence-corrected chi connectivity index (χ4v) is 4.23. The second kappa shape index (κ2) is 12.8. The minimum Gasteiger partial charge on any atom is -0.354 e. The average molecular weight is 461 g/mol. The van der Waals surface area contributed by atoms with E-state index < -0.39 is 6.04 Å². The van der Waals surface area contributed by atoms with Crippen molar-refractivity contribution in [3.8, 4) is 0 Å². The molecule has 0 aliphatic carbocycles. The van der Waals surface area contributed by atoms with Crippen molar-refractivity contribution in [2.75, 3.05) is 12.3 Å². The van der Waals surface area contributed by atoms with E-state index in [9.17, 15) is 9.59 Å². The zero-order valence-electron chi connectivity index (χ0n) is 18.9. The van der Waals surface area contributed by atoms with Gasteiger partial charge in [0.25, 0.3) is 0 Å². The van der Waals surface area contributed by atoms with E-state index in [0.717, 1.165) is 22.4 Å². The van der Waals surface area contributed by atoms with Crippen LogP contribution in [0.1, 0.15) is 43.9 Å². The van der Waals surface area contributed by atoms with Crippen LogP contribution in [-0.4, -0.2) is 35.1 Å². The smallest absolute Gasteiger partial charge is 0.242 e. The maximum atomic E-state index is 13.3. The van der Waals surface area contributed by atoms with Gasteiger partial charge in [-0.25, -0.2) is 0 Å². The molecule has 0 fully saturated rings. The normalized spacial score (nSPS) is 11.9. The summed E-state index contributed by atoms with van der Waals surface area (Å²) in [6.45, 7) is 9.15. The number of carbonyl (C=O) groups excluding carboxylic acids is 2. The van der Waals surface area contributed by atoms with Gasteiger partial charge in [-0.05, 0) is 48.1 Å². The van der Waals surface area contributed by atoms with E-state index in [2.05, 4.69) is 19.2 Å². The van der Waals surface area contributed by atoms with E-state index in [0.29, 0.717) is 36.2 Å². The van der Waals surface area contributed by atoms with Crippen molar-refractivity contribution in [1.29, 1.82) is 0 Å². The minimum atomic E-state index is -0.484. The first kappa shape index (κ1) is 25.3. The van der Waals surface area contributed by atoms with Gasteiger partial charge >= 0.3 is 0 Å². The summed E-state index contributed by atoms with van der Waals surface area (Å²) in [4.78, 5) is 27.9. The molecule has 0 aliphatic heterocycles. The number of aryl methyl sites for hydroxylation is 1. The Morgan fingerprint density at radius 1 is 1.10 bits per heavy atom. The Bertz CT molecular complexity index is 855. The van der Waals surface area contributed by atoms with Gasteiger partial charge in [0.1, 0.15) is 6.04 Å². The molecule has 168 valence electrons. The Kier molecular flexibility index (Phi) is 10.4. The number of halogens is 1. The molecule has 1 N–H and O–H groups in total. The van der Waals surface area contributed by atoms with Crippen LogP contribution in [0, 0.1) is 12.8 Å². The maximum absolute atomic E-state index is 13.3. The lowest BCUT2D eigenvalue weighted by molar-refractivity contribution is -0.139. The Balaban J connectivity index is 2.12. The molecule has 1 atom stereocenters. The number of hydrogen-bond donors (Lipinski definition) is 1. The number of rotatable bonds is 11. The molecule has 0 aliphatic rings. The van der Waals surface area contributed by atoms with Crippen molar-refractivity contribution < 1.29 is 9.59 Å². The zero-order chi connectivity index (χ0) is 22.8. The average Bonchev–Trinajstić information content (AvgIpc) is 2.74. The van der Waals surface area contributed by atoms with Crippen LogP contribution in [0.5, 0.6) is 0 Å². The number of benzene rings is 2. The van der Waals surface area contributed by atoms with Gasteiger partial charge in [0.15, 0.2) is 0 Å². The number of carbonyl (C=O) groups is 2. The van der Waals surface area contributed by atoms with Gasteiger partial charge in [-0.2, -0.15) is 0 Å². The highest BCUT2D eigenvalue weighted by atomic mass is 35.5. The third-order valence-corrected chi connectivity index (χ3v) is 6.32. The van der Waals surface area contributed by atoms with Gasteiger partial charge in [-0.3, -0.25) is 9.59 Å². The van der Waals surface area contributed by atoms with E-state index in [4.69, 9.17) is 11.6 Å². The van der Waals surface area contributed by atoms with Crippen LogP contribution in [0.25, 0.3) is 0 Å². The summed E-state index contributed by atoms with van der Waals surface area (Å²) in [6, 6.07) is 15.2. The second-order valence-corrected chi connectivity index (χ2v) is 9.55. The lowest BCUT2D eigenvalue weighted by Crippen LogP contribution is -2.50. The first-order chi connectivity index (χ1) is 14.8. The van der Waals surface area contributed by atoms with E-state index in [-0.39, 0.29) is 11.8 Å². The lowest BCUT2D eigenvalue weighted by atomic mass is 10.1. The van der Waals surface area contributed by atoms with E-state index in [1.165, 1.54) is 0 Å². The molecular formula is C25H33ClN2O2S. The molecule has 2 amide bonds.